The summed E-state index contributed by atoms with van der Waals surface area (Å²) in [7, 11) is 1.74. The minimum absolute atomic E-state index is 0.0577. The van der Waals surface area contributed by atoms with E-state index in [0.29, 0.717) is 5.25 Å². The van der Waals surface area contributed by atoms with E-state index in [1.54, 1.807) is 18.4 Å². The maximum Gasteiger partial charge on any atom is 0.114 e. The minimum atomic E-state index is 0.0577. The molecule has 17 heavy (non-hydrogen) atoms. The number of methoxy groups -OCH3 is 1. The van der Waals surface area contributed by atoms with Crippen LogP contribution in [0.4, 0.5) is 0 Å². The Hall–Kier alpha value is -0.100. The van der Waals surface area contributed by atoms with Crippen LogP contribution in [0.15, 0.2) is 5.38 Å². The summed E-state index contributed by atoms with van der Waals surface area (Å²) in [4.78, 5) is 4.70. The van der Waals surface area contributed by atoms with Gasteiger partial charge in [-0.1, -0.05) is 6.92 Å². The molecular weight excluding hydrogens is 252 g/mol. The highest BCUT2D eigenvalue weighted by Crippen LogP contribution is 2.44. The van der Waals surface area contributed by atoms with Gasteiger partial charge < -0.3 is 10.1 Å². The lowest BCUT2D eigenvalue weighted by molar-refractivity contribution is 0.183. The average Bonchev–Trinajstić information content (AvgIpc) is 2.87. The largest absolute Gasteiger partial charge is 0.383 e. The molecule has 2 heterocycles. The molecule has 0 bridgehead atoms. The van der Waals surface area contributed by atoms with Crippen LogP contribution >= 0.6 is 23.1 Å². The van der Waals surface area contributed by atoms with Crippen molar-refractivity contribution in [2.45, 2.75) is 31.1 Å². The number of aryl methyl sites for hydroxylation is 1. The summed E-state index contributed by atoms with van der Waals surface area (Å²) >= 11 is 3.81. The molecule has 0 spiro atoms. The van der Waals surface area contributed by atoms with Crippen molar-refractivity contribution in [1.82, 2.24) is 10.3 Å². The summed E-state index contributed by atoms with van der Waals surface area (Å²) in [6.45, 7) is 6.01. The van der Waals surface area contributed by atoms with Crippen molar-refractivity contribution in [1.29, 1.82) is 0 Å². The predicted molar refractivity (Wildman–Crippen MR) is 74.9 cm³/mol. The number of thioether (sulfide) groups is 1. The van der Waals surface area contributed by atoms with Gasteiger partial charge in [0.05, 0.1) is 12.1 Å². The Balaban J connectivity index is 2.18. The molecule has 1 aliphatic heterocycles. The van der Waals surface area contributed by atoms with Crippen LogP contribution < -0.4 is 5.32 Å². The van der Waals surface area contributed by atoms with E-state index in [1.165, 1.54) is 10.8 Å². The first kappa shape index (κ1) is 13.3. The fraction of sp³-hybridized carbons (Fsp3) is 0.750. The molecule has 1 fully saturated rings. The highest BCUT2D eigenvalue weighted by atomic mass is 32.2. The van der Waals surface area contributed by atoms with E-state index < -0.39 is 0 Å². The summed E-state index contributed by atoms with van der Waals surface area (Å²) < 4.78 is 5.14. The topological polar surface area (TPSA) is 34.1 Å². The van der Waals surface area contributed by atoms with Gasteiger partial charge >= 0.3 is 0 Å². The second-order valence-corrected chi connectivity index (χ2v) is 6.75. The van der Waals surface area contributed by atoms with Crippen LogP contribution in [-0.4, -0.2) is 36.2 Å². The molecule has 0 aromatic carbocycles. The number of hydrogen-bond donors (Lipinski definition) is 1. The maximum atomic E-state index is 5.14. The van der Waals surface area contributed by atoms with Crippen LogP contribution in [0.1, 0.15) is 24.0 Å². The Bertz CT molecular complexity index is 369. The van der Waals surface area contributed by atoms with Crippen LogP contribution in [0.3, 0.4) is 0 Å². The van der Waals surface area contributed by atoms with E-state index in [-0.39, 0.29) is 5.54 Å². The summed E-state index contributed by atoms with van der Waals surface area (Å²) in [5, 5.41) is 7.63. The molecule has 96 valence electrons. The van der Waals surface area contributed by atoms with Gasteiger partial charge in [-0.25, -0.2) is 4.98 Å². The zero-order valence-corrected chi connectivity index (χ0v) is 12.3. The van der Waals surface area contributed by atoms with Gasteiger partial charge in [-0.05, 0) is 19.1 Å². The molecule has 0 radical (unpaired) electrons. The van der Waals surface area contributed by atoms with Crippen LogP contribution in [0.5, 0.6) is 0 Å². The van der Waals surface area contributed by atoms with Crippen molar-refractivity contribution in [3.05, 3.63) is 16.1 Å². The molecule has 0 saturated carbocycles. The van der Waals surface area contributed by atoms with E-state index in [2.05, 4.69) is 24.5 Å². The molecule has 1 aromatic rings. The van der Waals surface area contributed by atoms with E-state index in [1.807, 2.05) is 11.8 Å². The van der Waals surface area contributed by atoms with Crippen LogP contribution in [0, 0.1) is 6.92 Å². The van der Waals surface area contributed by atoms with E-state index in [9.17, 15) is 0 Å². The monoisotopic (exact) mass is 272 g/mol. The van der Waals surface area contributed by atoms with Crippen LogP contribution in [0.25, 0.3) is 0 Å². The van der Waals surface area contributed by atoms with Crippen molar-refractivity contribution in [3.8, 4) is 0 Å². The smallest absolute Gasteiger partial charge is 0.114 e. The number of rotatable bonds is 5. The molecule has 0 aliphatic carbocycles. The molecule has 5 heteroatoms. The molecule has 2 rings (SSSR count). The molecule has 1 aliphatic rings. The lowest BCUT2D eigenvalue weighted by atomic mass is 9.93. The summed E-state index contributed by atoms with van der Waals surface area (Å²) in [6.07, 6.45) is 1.16. The fourth-order valence-corrected chi connectivity index (χ4v) is 4.82. The molecule has 2 unspecified atom stereocenters. The molecule has 2 atom stereocenters. The van der Waals surface area contributed by atoms with Gasteiger partial charge in [0.1, 0.15) is 5.01 Å². The van der Waals surface area contributed by atoms with E-state index in [0.717, 1.165) is 25.3 Å². The molecule has 1 saturated heterocycles. The third kappa shape index (κ3) is 2.67. The zero-order valence-electron chi connectivity index (χ0n) is 10.7. The molecule has 3 nitrogen and oxygen atoms in total. The number of aromatic nitrogens is 1. The quantitative estimate of drug-likeness (QED) is 0.835. The average molecular weight is 272 g/mol. The molecule has 1 N–H and O–H groups in total. The number of thiazole rings is 1. The summed E-state index contributed by atoms with van der Waals surface area (Å²) in [6, 6.07) is 0. The first-order chi connectivity index (χ1) is 8.19. The van der Waals surface area contributed by atoms with Gasteiger partial charge in [0, 0.05) is 30.0 Å². The fourth-order valence-electron chi connectivity index (χ4n) is 2.27. The zero-order chi connectivity index (χ0) is 12.3. The molecule has 1 aromatic heterocycles. The van der Waals surface area contributed by atoms with Gasteiger partial charge in [-0.2, -0.15) is 11.8 Å². The number of nitrogens with zero attached hydrogens (tertiary/aromatic N) is 1. The van der Waals surface area contributed by atoms with Crippen molar-refractivity contribution in [3.63, 3.8) is 0 Å². The van der Waals surface area contributed by atoms with Gasteiger partial charge in [-0.15, -0.1) is 11.3 Å². The first-order valence-corrected chi connectivity index (χ1v) is 7.90. The predicted octanol–water partition coefficient (Wildman–Crippen LogP) is 2.41. The number of ether oxygens (including phenoxy) is 1. The van der Waals surface area contributed by atoms with Crippen LogP contribution in [-0.2, 0) is 10.3 Å². The first-order valence-electron chi connectivity index (χ1n) is 5.97. The Morgan fingerprint density at radius 2 is 2.47 bits per heavy atom. The standard InChI is InChI=1S/C12H20N2OS2/c1-9-8-17-11(14-9)12(13-5-6-15-3)4-7-16-10(12)2/h8,10,13H,4-7H2,1-3H3. The number of hydrogen-bond acceptors (Lipinski definition) is 5. The van der Waals surface area contributed by atoms with Gasteiger partial charge in [0.15, 0.2) is 0 Å². The van der Waals surface area contributed by atoms with Crippen molar-refractivity contribution < 1.29 is 4.74 Å². The van der Waals surface area contributed by atoms with Gasteiger partial charge in [-0.3, -0.25) is 0 Å². The Kier molecular flexibility index (Phi) is 4.47. The van der Waals surface area contributed by atoms with Gasteiger partial charge in [0.25, 0.3) is 0 Å². The van der Waals surface area contributed by atoms with Gasteiger partial charge in [0.2, 0.25) is 0 Å². The van der Waals surface area contributed by atoms with Crippen molar-refractivity contribution in [2.24, 2.45) is 0 Å². The molecule has 0 amide bonds. The Morgan fingerprint density at radius 1 is 1.65 bits per heavy atom. The van der Waals surface area contributed by atoms with Crippen molar-refractivity contribution in [2.75, 3.05) is 26.0 Å². The Morgan fingerprint density at radius 3 is 3.00 bits per heavy atom. The minimum Gasteiger partial charge on any atom is -0.383 e. The summed E-state index contributed by atoms with van der Waals surface area (Å²) in [5.41, 5.74) is 1.18. The lowest BCUT2D eigenvalue weighted by Crippen LogP contribution is -2.47. The van der Waals surface area contributed by atoms with E-state index in [4.69, 9.17) is 9.72 Å². The second kappa shape index (κ2) is 5.69. The highest BCUT2D eigenvalue weighted by molar-refractivity contribution is 8.00. The van der Waals surface area contributed by atoms with Crippen LogP contribution in [0.2, 0.25) is 0 Å². The van der Waals surface area contributed by atoms with E-state index >= 15 is 0 Å². The normalized spacial score (nSPS) is 28.8. The third-order valence-corrected chi connectivity index (χ3v) is 5.79. The maximum absolute atomic E-state index is 5.14. The third-order valence-electron chi connectivity index (χ3n) is 3.31. The summed E-state index contributed by atoms with van der Waals surface area (Å²) in [5.74, 6) is 1.21. The lowest BCUT2D eigenvalue weighted by Gasteiger charge is -2.32. The second-order valence-electron chi connectivity index (χ2n) is 4.45. The Labute approximate surface area is 111 Å². The highest BCUT2D eigenvalue weighted by Gasteiger charge is 2.44. The number of nitrogens with one attached hydrogen (secondary N) is 1. The van der Waals surface area contributed by atoms with Crippen molar-refractivity contribution >= 4 is 23.1 Å². The SMILES string of the molecule is COCCNC1(c2nc(C)cs2)CCSC1C. The molecular formula is C12H20N2OS2.